The second-order valence-electron chi connectivity index (χ2n) is 8.40. The first-order valence-electron chi connectivity index (χ1n) is 11.4. The van der Waals surface area contributed by atoms with Crippen LogP contribution < -0.4 is 0 Å². The maximum absolute atomic E-state index is 15.1. The van der Waals surface area contributed by atoms with Gasteiger partial charge in [-0.15, -0.1) is 0 Å². The summed E-state index contributed by atoms with van der Waals surface area (Å²) in [7, 11) is 0. The van der Waals surface area contributed by atoms with Crippen LogP contribution in [0.2, 0.25) is 0 Å². The summed E-state index contributed by atoms with van der Waals surface area (Å²) >= 11 is 0. The lowest BCUT2D eigenvalue weighted by Gasteiger charge is -2.08. The molecule has 0 atom stereocenters. The SMILES string of the molecule is CCCCc1ccc(C#Cc2ccc3c(F)c(CCc4cc(F)c(F)c(F)c4)ccc3c2)cc1. The van der Waals surface area contributed by atoms with E-state index in [9.17, 15) is 13.2 Å². The van der Waals surface area contributed by atoms with Crippen molar-refractivity contribution in [3.63, 3.8) is 0 Å². The third kappa shape index (κ3) is 5.48. The molecule has 0 unspecified atom stereocenters. The summed E-state index contributed by atoms with van der Waals surface area (Å²) in [5.41, 5.74) is 3.72. The minimum atomic E-state index is -1.50. The smallest absolute Gasteiger partial charge is 0.194 e. The van der Waals surface area contributed by atoms with Crippen molar-refractivity contribution in [3.05, 3.63) is 118 Å². The molecule has 0 aliphatic rings. The number of unbranched alkanes of at least 4 members (excludes halogenated alkanes) is 1. The third-order valence-electron chi connectivity index (χ3n) is 5.88. The topological polar surface area (TPSA) is 0 Å². The molecule has 0 nitrogen and oxygen atoms in total. The van der Waals surface area contributed by atoms with E-state index in [2.05, 4.69) is 30.9 Å². The lowest BCUT2D eigenvalue weighted by molar-refractivity contribution is 0.445. The zero-order valence-electron chi connectivity index (χ0n) is 18.9. The molecule has 0 saturated heterocycles. The fourth-order valence-corrected chi connectivity index (χ4v) is 3.92. The van der Waals surface area contributed by atoms with Gasteiger partial charge < -0.3 is 0 Å². The Balaban J connectivity index is 1.49. The van der Waals surface area contributed by atoms with Crippen molar-refractivity contribution in [3.8, 4) is 11.8 Å². The van der Waals surface area contributed by atoms with E-state index >= 15 is 4.39 Å². The van der Waals surface area contributed by atoms with E-state index in [-0.39, 0.29) is 24.2 Å². The molecule has 4 heteroatoms. The van der Waals surface area contributed by atoms with Crippen LogP contribution in [0, 0.1) is 35.1 Å². The second kappa shape index (κ2) is 10.6. The highest BCUT2D eigenvalue weighted by molar-refractivity contribution is 5.85. The molecule has 0 radical (unpaired) electrons. The van der Waals surface area contributed by atoms with Crippen LogP contribution >= 0.6 is 0 Å². The maximum atomic E-state index is 15.1. The van der Waals surface area contributed by atoms with Gasteiger partial charge in [0.1, 0.15) is 5.82 Å². The van der Waals surface area contributed by atoms with Gasteiger partial charge in [-0.1, -0.05) is 55.5 Å². The molecule has 0 aliphatic heterocycles. The highest BCUT2D eigenvalue weighted by Crippen LogP contribution is 2.24. The molecule has 4 aromatic carbocycles. The van der Waals surface area contributed by atoms with E-state index < -0.39 is 17.5 Å². The molecule has 172 valence electrons. The maximum Gasteiger partial charge on any atom is 0.194 e. The predicted octanol–water partition coefficient (Wildman–Crippen LogP) is 7.92. The average molecular weight is 461 g/mol. The number of hydrogen-bond acceptors (Lipinski definition) is 0. The number of halogens is 4. The first kappa shape index (κ1) is 23.6. The zero-order chi connectivity index (χ0) is 24.1. The van der Waals surface area contributed by atoms with Gasteiger partial charge >= 0.3 is 0 Å². The van der Waals surface area contributed by atoms with Crippen LogP contribution in [0.15, 0.2) is 66.7 Å². The normalized spacial score (nSPS) is 10.9. The van der Waals surface area contributed by atoms with E-state index in [0.29, 0.717) is 10.9 Å². The molecule has 0 aromatic heterocycles. The van der Waals surface area contributed by atoms with Crippen LogP contribution in [0.3, 0.4) is 0 Å². The number of benzene rings is 4. The summed E-state index contributed by atoms with van der Waals surface area (Å²) in [4.78, 5) is 0. The van der Waals surface area contributed by atoms with Gasteiger partial charge in [-0.25, -0.2) is 17.6 Å². The Labute approximate surface area is 197 Å². The van der Waals surface area contributed by atoms with Crippen molar-refractivity contribution in [2.24, 2.45) is 0 Å². The van der Waals surface area contributed by atoms with Crippen LogP contribution in [0.25, 0.3) is 10.8 Å². The molecule has 0 amide bonds. The van der Waals surface area contributed by atoms with Crippen molar-refractivity contribution in [1.29, 1.82) is 0 Å². The molecule has 0 N–H and O–H groups in total. The largest absolute Gasteiger partial charge is 0.206 e. The Morgan fingerprint density at radius 1 is 0.618 bits per heavy atom. The van der Waals surface area contributed by atoms with Gasteiger partial charge in [-0.05, 0) is 84.2 Å². The Bertz CT molecular complexity index is 1350. The molecule has 0 fully saturated rings. The van der Waals surface area contributed by atoms with Crippen molar-refractivity contribution in [2.75, 3.05) is 0 Å². The van der Waals surface area contributed by atoms with Gasteiger partial charge in [0.05, 0.1) is 0 Å². The predicted molar refractivity (Wildman–Crippen MR) is 129 cm³/mol. The van der Waals surface area contributed by atoms with E-state index in [1.54, 1.807) is 18.2 Å². The molecular formula is C30H24F4. The van der Waals surface area contributed by atoms with Gasteiger partial charge in [-0.2, -0.15) is 0 Å². The summed E-state index contributed by atoms with van der Waals surface area (Å²) in [6, 6.07) is 18.9. The number of fused-ring (bicyclic) bond motifs is 1. The summed E-state index contributed by atoms with van der Waals surface area (Å²) in [5.74, 6) is 1.94. The highest BCUT2D eigenvalue weighted by atomic mass is 19.2. The monoisotopic (exact) mass is 460 g/mol. The van der Waals surface area contributed by atoms with Crippen molar-refractivity contribution in [2.45, 2.75) is 39.0 Å². The number of rotatable bonds is 6. The van der Waals surface area contributed by atoms with Crippen LogP contribution in [0.4, 0.5) is 17.6 Å². The van der Waals surface area contributed by atoms with Crippen molar-refractivity contribution >= 4 is 10.8 Å². The molecule has 34 heavy (non-hydrogen) atoms. The average Bonchev–Trinajstić information content (AvgIpc) is 2.85. The van der Waals surface area contributed by atoms with E-state index in [4.69, 9.17) is 0 Å². The first-order valence-corrected chi connectivity index (χ1v) is 11.4. The molecule has 4 rings (SSSR count). The van der Waals surface area contributed by atoms with Gasteiger partial charge in [0.15, 0.2) is 17.5 Å². The van der Waals surface area contributed by atoms with E-state index in [1.807, 2.05) is 24.3 Å². The minimum absolute atomic E-state index is 0.192. The standard InChI is InChI=1S/C30H24F4/c1-2-3-4-20-5-7-21(8-6-20)9-10-22-12-16-26-25(17-22)15-14-24(29(26)33)13-11-23-18-27(31)30(34)28(32)19-23/h5-8,12,14-19H,2-4,11,13H2,1H3. The Hall–Kier alpha value is -3.58. The van der Waals surface area contributed by atoms with Gasteiger partial charge in [-0.3, -0.25) is 0 Å². The molecule has 4 aromatic rings. The second-order valence-corrected chi connectivity index (χ2v) is 8.40. The third-order valence-corrected chi connectivity index (χ3v) is 5.88. The molecule has 0 saturated carbocycles. The number of hydrogen-bond donors (Lipinski definition) is 0. The van der Waals surface area contributed by atoms with Crippen LogP contribution in [0.5, 0.6) is 0 Å². The minimum Gasteiger partial charge on any atom is -0.206 e. The lowest BCUT2D eigenvalue weighted by Crippen LogP contribution is -1.99. The fourth-order valence-electron chi connectivity index (χ4n) is 3.92. The Morgan fingerprint density at radius 2 is 1.29 bits per heavy atom. The zero-order valence-corrected chi connectivity index (χ0v) is 18.9. The van der Waals surface area contributed by atoms with Gasteiger partial charge in [0, 0.05) is 16.5 Å². The quantitative estimate of drug-likeness (QED) is 0.156. The molecule has 0 spiro atoms. The molecule has 0 heterocycles. The van der Waals surface area contributed by atoms with Gasteiger partial charge in [0.25, 0.3) is 0 Å². The lowest BCUT2D eigenvalue weighted by atomic mass is 9.99. The van der Waals surface area contributed by atoms with Crippen molar-refractivity contribution < 1.29 is 17.6 Å². The van der Waals surface area contributed by atoms with Crippen molar-refractivity contribution in [1.82, 2.24) is 0 Å². The molecule has 0 aliphatic carbocycles. The van der Waals surface area contributed by atoms with Crippen LogP contribution in [-0.4, -0.2) is 0 Å². The highest BCUT2D eigenvalue weighted by Gasteiger charge is 2.12. The molecule has 0 bridgehead atoms. The van der Waals surface area contributed by atoms with Crippen LogP contribution in [0.1, 0.15) is 47.6 Å². The summed E-state index contributed by atoms with van der Waals surface area (Å²) in [6.45, 7) is 2.18. The molecular weight excluding hydrogens is 436 g/mol. The Kier molecular flexibility index (Phi) is 7.33. The summed E-state index contributed by atoms with van der Waals surface area (Å²) in [5, 5.41) is 1.18. The summed E-state index contributed by atoms with van der Waals surface area (Å²) in [6.07, 6.45) is 3.84. The first-order chi connectivity index (χ1) is 16.4. The number of aryl methyl sites for hydroxylation is 3. The fraction of sp³-hybridized carbons (Fsp3) is 0.200. The van der Waals surface area contributed by atoms with Crippen LogP contribution in [-0.2, 0) is 19.3 Å². The van der Waals surface area contributed by atoms with E-state index in [1.165, 1.54) is 18.4 Å². The van der Waals surface area contributed by atoms with E-state index in [0.717, 1.165) is 35.1 Å². The van der Waals surface area contributed by atoms with Gasteiger partial charge in [0.2, 0.25) is 0 Å². The Morgan fingerprint density at radius 3 is 2.00 bits per heavy atom. The summed E-state index contributed by atoms with van der Waals surface area (Å²) < 4.78 is 55.0.